The SMILES string of the molecule is CC(C)c1cc(-c2ccc3c(c2)OC(F)(F)O3)nn1C1CCN(CCN2CCS(=O)(=O)CC2)CC1. The summed E-state index contributed by atoms with van der Waals surface area (Å²) in [6.07, 6.45) is -1.69. The van der Waals surface area contributed by atoms with E-state index in [1.165, 1.54) is 6.07 Å². The Bertz CT molecular complexity index is 1160. The summed E-state index contributed by atoms with van der Waals surface area (Å²) in [5.41, 5.74) is 2.57. The van der Waals surface area contributed by atoms with Gasteiger partial charge in [-0.1, -0.05) is 13.8 Å². The Morgan fingerprint density at radius 1 is 1.00 bits per heavy atom. The second-order valence-corrected chi connectivity index (χ2v) is 12.3. The Balaban J connectivity index is 1.22. The minimum Gasteiger partial charge on any atom is -0.395 e. The molecule has 0 spiro atoms. The van der Waals surface area contributed by atoms with Gasteiger partial charge in [-0.15, -0.1) is 8.78 Å². The predicted octanol–water partition coefficient (Wildman–Crippen LogP) is 3.36. The van der Waals surface area contributed by atoms with E-state index in [9.17, 15) is 17.2 Å². The van der Waals surface area contributed by atoms with E-state index in [2.05, 4.69) is 37.8 Å². The van der Waals surface area contributed by atoms with Crippen molar-refractivity contribution in [3.8, 4) is 22.8 Å². The Morgan fingerprint density at radius 2 is 1.63 bits per heavy atom. The van der Waals surface area contributed by atoms with Gasteiger partial charge in [0.05, 0.1) is 23.2 Å². The van der Waals surface area contributed by atoms with E-state index in [1.54, 1.807) is 12.1 Å². The van der Waals surface area contributed by atoms with E-state index >= 15 is 0 Å². The van der Waals surface area contributed by atoms with Crippen LogP contribution in [0.15, 0.2) is 24.3 Å². The van der Waals surface area contributed by atoms with Gasteiger partial charge in [0.25, 0.3) is 0 Å². The molecule has 0 N–H and O–H groups in total. The molecule has 2 fully saturated rings. The van der Waals surface area contributed by atoms with Crippen LogP contribution in [0.25, 0.3) is 11.3 Å². The van der Waals surface area contributed by atoms with Crippen LogP contribution >= 0.6 is 0 Å². The Kier molecular flexibility index (Phi) is 6.52. The van der Waals surface area contributed by atoms with Crippen LogP contribution in [0.1, 0.15) is 44.3 Å². The molecule has 4 heterocycles. The predicted molar refractivity (Wildman–Crippen MR) is 128 cm³/mol. The molecule has 5 rings (SSSR count). The highest BCUT2D eigenvalue weighted by Crippen LogP contribution is 2.43. The molecule has 2 aromatic rings. The van der Waals surface area contributed by atoms with E-state index in [-0.39, 0.29) is 35.0 Å². The van der Waals surface area contributed by atoms with Crippen LogP contribution in [0.4, 0.5) is 8.78 Å². The molecule has 0 radical (unpaired) electrons. The number of aromatic nitrogens is 2. The van der Waals surface area contributed by atoms with Gasteiger partial charge in [-0.25, -0.2) is 8.42 Å². The third-order valence-corrected chi connectivity index (χ3v) is 8.73. The van der Waals surface area contributed by atoms with Gasteiger partial charge in [-0.3, -0.25) is 4.68 Å². The van der Waals surface area contributed by atoms with Crippen LogP contribution in [0.5, 0.6) is 11.5 Å². The van der Waals surface area contributed by atoms with E-state index in [4.69, 9.17) is 5.10 Å². The zero-order valence-electron chi connectivity index (χ0n) is 20.1. The lowest BCUT2D eigenvalue weighted by molar-refractivity contribution is -0.286. The van der Waals surface area contributed by atoms with Gasteiger partial charge in [-0.2, -0.15) is 5.10 Å². The molecule has 35 heavy (non-hydrogen) atoms. The number of likely N-dealkylation sites (tertiary alicyclic amines) is 1. The summed E-state index contributed by atoms with van der Waals surface area (Å²) in [5, 5.41) is 4.89. The van der Waals surface area contributed by atoms with Crippen molar-refractivity contribution in [2.75, 3.05) is 50.8 Å². The molecule has 11 heteroatoms. The topological polar surface area (TPSA) is 76.9 Å². The Morgan fingerprint density at radius 3 is 2.29 bits per heavy atom. The number of ether oxygens (including phenoxy) is 2. The normalized spacial score (nSPS) is 22.7. The van der Waals surface area contributed by atoms with Crippen molar-refractivity contribution in [3.05, 3.63) is 30.0 Å². The summed E-state index contributed by atoms with van der Waals surface area (Å²) in [6.45, 7) is 9.28. The van der Waals surface area contributed by atoms with Gasteiger partial charge in [0.2, 0.25) is 0 Å². The average molecular weight is 511 g/mol. The zero-order chi connectivity index (χ0) is 24.8. The van der Waals surface area contributed by atoms with Crippen LogP contribution in [0.3, 0.4) is 0 Å². The third-order valence-electron chi connectivity index (χ3n) is 7.13. The average Bonchev–Trinajstić information content (AvgIpc) is 3.38. The Labute approximate surface area is 204 Å². The van der Waals surface area contributed by atoms with Crippen molar-refractivity contribution in [2.24, 2.45) is 0 Å². The van der Waals surface area contributed by atoms with Crippen molar-refractivity contribution in [2.45, 2.75) is 44.9 Å². The number of fused-ring (bicyclic) bond motifs is 1. The van der Waals surface area contributed by atoms with Crippen LogP contribution in [-0.2, 0) is 9.84 Å². The number of benzene rings is 1. The standard InChI is InChI=1S/C24H32F2N4O4S/c1-17(2)21-16-20(18-3-4-22-23(15-18)34-24(25,26)33-22)27-30(21)19-5-7-28(8-6-19)9-10-29-11-13-35(31,32)14-12-29/h3-4,15-17,19H,5-14H2,1-2H3. The lowest BCUT2D eigenvalue weighted by Gasteiger charge is -2.35. The van der Waals surface area contributed by atoms with Crippen LogP contribution in [0.2, 0.25) is 0 Å². The first-order valence-electron chi connectivity index (χ1n) is 12.2. The first-order valence-corrected chi connectivity index (χ1v) is 14.1. The van der Waals surface area contributed by atoms with E-state index in [0.29, 0.717) is 18.7 Å². The second-order valence-electron chi connectivity index (χ2n) is 9.95. The molecule has 0 saturated carbocycles. The number of nitrogens with zero attached hydrogens (tertiary/aromatic N) is 4. The van der Waals surface area contributed by atoms with Crippen molar-refractivity contribution >= 4 is 9.84 Å². The fourth-order valence-electron chi connectivity index (χ4n) is 5.03. The highest BCUT2D eigenvalue weighted by Gasteiger charge is 2.43. The fraction of sp³-hybridized carbons (Fsp3) is 0.625. The van der Waals surface area contributed by atoms with Crippen molar-refractivity contribution in [1.29, 1.82) is 0 Å². The van der Waals surface area contributed by atoms with Crippen LogP contribution in [0, 0.1) is 0 Å². The third kappa shape index (κ3) is 5.46. The number of alkyl halides is 2. The summed E-state index contributed by atoms with van der Waals surface area (Å²) < 4.78 is 61.3. The molecule has 3 aliphatic heterocycles. The number of sulfone groups is 1. The molecule has 2 saturated heterocycles. The molecule has 0 unspecified atom stereocenters. The first-order chi connectivity index (χ1) is 16.6. The number of hydrogen-bond acceptors (Lipinski definition) is 7. The van der Waals surface area contributed by atoms with Gasteiger partial charge in [0, 0.05) is 50.5 Å². The molecule has 0 aliphatic carbocycles. The smallest absolute Gasteiger partial charge is 0.395 e. The largest absolute Gasteiger partial charge is 0.586 e. The summed E-state index contributed by atoms with van der Waals surface area (Å²) >= 11 is 0. The number of hydrogen-bond donors (Lipinski definition) is 0. The summed E-state index contributed by atoms with van der Waals surface area (Å²) in [4.78, 5) is 4.68. The van der Waals surface area contributed by atoms with Gasteiger partial charge in [0.15, 0.2) is 21.3 Å². The number of rotatable bonds is 6. The van der Waals surface area contributed by atoms with Crippen LogP contribution < -0.4 is 9.47 Å². The van der Waals surface area contributed by atoms with Gasteiger partial charge in [-0.05, 0) is 43.0 Å². The minimum absolute atomic E-state index is 0.0211. The lowest BCUT2D eigenvalue weighted by atomic mass is 10.0. The molecule has 0 atom stereocenters. The molecule has 0 amide bonds. The first kappa shape index (κ1) is 24.5. The van der Waals surface area contributed by atoms with Crippen LogP contribution in [-0.4, -0.2) is 85.1 Å². The molecular formula is C24H32F2N4O4S. The highest BCUT2D eigenvalue weighted by atomic mass is 32.2. The quantitative estimate of drug-likeness (QED) is 0.590. The number of halogens is 2. The molecule has 1 aromatic heterocycles. The van der Waals surface area contributed by atoms with Crippen molar-refractivity contribution in [3.63, 3.8) is 0 Å². The van der Waals surface area contributed by atoms with E-state index in [1.807, 2.05) is 6.07 Å². The maximum atomic E-state index is 13.4. The molecule has 192 valence electrons. The van der Waals surface area contributed by atoms with Crippen molar-refractivity contribution < 1.29 is 26.7 Å². The lowest BCUT2D eigenvalue weighted by Crippen LogP contribution is -2.45. The van der Waals surface area contributed by atoms with Gasteiger partial charge >= 0.3 is 6.29 Å². The summed E-state index contributed by atoms with van der Waals surface area (Å²) in [5.74, 6) is 0.845. The van der Waals surface area contributed by atoms with Gasteiger partial charge in [0.1, 0.15) is 0 Å². The maximum Gasteiger partial charge on any atom is 0.586 e. The monoisotopic (exact) mass is 510 g/mol. The molecule has 8 nitrogen and oxygen atoms in total. The maximum absolute atomic E-state index is 13.4. The molecule has 1 aromatic carbocycles. The fourth-order valence-corrected chi connectivity index (χ4v) is 6.30. The summed E-state index contributed by atoms with van der Waals surface area (Å²) in [7, 11) is -2.85. The zero-order valence-corrected chi connectivity index (χ0v) is 20.9. The highest BCUT2D eigenvalue weighted by molar-refractivity contribution is 7.91. The Hall–Kier alpha value is -2.24. The molecule has 3 aliphatic rings. The van der Waals surface area contributed by atoms with E-state index < -0.39 is 16.1 Å². The number of piperidine rings is 1. The minimum atomic E-state index is -3.64. The summed E-state index contributed by atoms with van der Waals surface area (Å²) in [6, 6.07) is 7.10. The molecular weight excluding hydrogens is 478 g/mol. The van der Waals surface area contributed by atoms with E-state index in [0.717, 1.165) is 50.4 Å². The molecule has 0 bridgehead atoms. The second kappa shape index (κ2) is 9.33. The van der Waals surface area contributed by atoms with Crippen molar-refractivity contribution in [1.82, 2.24) is 19.6 Å². The van der Waals surface area contributed by atoms with Gasteiger partial charge < -0.3 is 19.3 Å².